The van der Waals surface area contributed by atoms with E-state index in [2.05, 4.69) is 10.3 Å². The van der Waals surface area contributed by atoms with Crippen LogP contribution in [0.4, 0.5) is 22.0 Å². The van der Waals surface area contributed by atoms with E-state index < -0.39 is 11.7 Å². The third-order valence-corrected chi connectivity index (χ3v) is 6.69. The first-order valence-corrected chi connectivity index (χ1v) is 11.2. The van der Waals surface area contributed by atoms with Gasteiger partial charge >= 0.3 is 6.09 Å². The van der Waals surface area contributed by atoms with Crippen molar-refractivity contribution in [3.05, 3.63) is 59.6 Å². The molecule has 2 aromatic heterocycles. The summed E-state index contributed by atoms with van der Waals surface area (Å²) in [6.07, 6.45) is 2.37. The fourth-order valence-corrected chi connectivity index (χ4v) is 4.66. The number of pyridine rings is 1. The number of nitrogen functional groups attached to an aromatic ring is 1. The van der Waals surface area contributed by atoms with E-state index in [1.807, 2.05) is 29.6 Å². The van der Waals surface area contributed by atoms with Crippen molar-refractivity contribution in [2.75, 3.05) is 35.7 Å². The van der Waals surface area contributed by atoms with Gasteiger partial charge in [-0.15, -0.1) is 11.3 Å². The molecular formula is C23H22N4O4S. The van der Waals surface area contributed by atoms with Gasteiger partial charge in [0, 0.05) is 23.9 Å². The molecule has 2 fully saturated rings. The number of nitrogens with one attached hydrogen (secondary N) is 1. The Kier molecular flexibility index (Phi) is 5.28. The number of carbonyl (C=O) groups is 2. The molecule has 1 aromatic carbocycles. The summed E-state index contributed by atoms with van der Waals surface area (Å²) in [7, 11) is 0. The Bertz CT molecular complexity index is 1140. The Labute approximate surface area is 189 Å². The number of nitrogens with two attached hydrogens (primary N) is 1. The van der Waals surface area contributed by atoms with Gasteiger partial charge < -0.3 is 20.5 Å². The molecule has 0 radical (unpaired) electrons. The van der Waals surface area contributed by atoms with Gasteiger partial charge in [-0.25, -0.2) is 9.78 Å². The highest BCUT2D eigenvalue weighted by atomic mass is 32.1. The van der Waals surface area contributed by atoms with Crippen LogP contribution >= 0.6 is 11.3 Å². The molecule has 5 rings (SSSR count). The van der Waals surface area contributed by atoms with Gasteiger partial charge in [-0.1, -0.05) is 12.1 Å². The highest BCUT2D eigenvalue weighted by molar-refractivity contribution is 7.13. The van der Waals surface area contributed by atoms with Crippen LogP contribution in [0.25, 0.3) is 10.4 Å². The number of amides is 2. The number of aromatic nitrogens is 1. The minimum Gasteiger partial charge on any atom is -0.440 e. The van der Waals surface area contributed by atoms with E-state index in [9.17, 15) is 9.59 Å². The Morgan fingerprint density at radius 2 is 2.03 bits per heavy atom. The quantitative estimate of drug-likeness (QED) is 0.579. The number of rotatable bonds is 4. The largest absolute Gasteiger partial charge is 0.440 e. The predicted molar refractivity (Wildman–Crippen MR) is 123 cm³/mol. The molecule has 0 bridgehead atoms. The predicted octanol–water partition coefficient (Wildman–Crippen LogP) is 4.15. The number of ether oxygens (including phenoxy) is 2. The second kappa shape index (κ2) is 8.25. The molecule has 3 N–H and O–H groups in total. The van der Waals surface area contributed by atoms with Gasteiger partial charge in [0.15, 0.2) is 0 Å². The summed E-state index contributed by atoms with van der Waals surface area (Å²) in [5.41, 5.74) is 7.91. The van der Waals surface area contributed by atoms with E-state index in [4.69, 9.17) is 15.2 Å². The summed E-state index contributed by atoms with van der Waals surface area (Å²) in [5, 5.41) is 4.85. The molecule has 164 valence electrons. The SMILES string of the molecule is Nc1ccc(-c2cccs2)cc1NC(=O)c1ccc(N2CC3(CCOCC3)OC2=O)nc1. The molecule has 9 heteroatoms. The normalized spacial score (nSPS) is 17.4. The molecule has 0 saturated carbocycles. The van der Waals surface area contributed by atoms with Gasteiger partial charge in [-0.3, -0.25) is 9.69 Å². The molecular weight excluding hydrogens is 428 g/mol. The number of carbonyl (C=O) groups excluding carboxylic acids is 2. The highest BCUT2D eigenvalue weighted by Crippen LogP contribution is 2.34. The highest BCUT2D eigenvalue weighted by Gasteiger charge is 2.47. The average Bonchev–Trinajstić information content (AvgIpc) is 3.44. The first kappa shape index (κ1) is 20.5. The van der Waals surface area contributed by atoms with Crippen LogP contribution in [0.5, 0.6) is 0 Å². The van der Waals surface area contributed by atoms with Crippen LogP contribution in [-0.2, 0) is 9.47 Å². The minimum absolute atomic E-state index is 0.330. The van der Waals surface area contributed by atoms with Gasteiger partial charge in [0.1, 0.15) is 11.4 Å². The molecule has 2 aliphatic heterocycles. The van der Waals surface area contributed by atoms with E-state index in [-0.39, 0.29) is 5.91 Å². The maximum Gasteiger partial charge on any atom is 0.416 e. The van der Waals surface area contributed by atoms with Crippen molar-refractivity contribution >= 4 is 40.5 Å². The molecule has 2 aliphatic rings. The van der Waals surface area contributed by atoms with Crippen LogP contribution in [0.15, 0.2) is 54.0 Å². The molecule has 2 amide bonds. The third kappa shape index (κ3) is 3.92. The molecule has 3 aromatic rings. The van der Waals surface area contributed by atoms with Gasteiger partial charge in [0.25, 0.3) is 5.91 Å². The number of hydrogen-bond acceptors (Lipinski definition) is 7. The van der Waals surface area contributed by atoms with E-state index >= 15 is 0 Å². The fraction of sp³-hybridized carbons (Fsp3) is 0.261. The lowest BCUT2D eigenvalue weighted by atomic mass is 9.94. The van der Waals surface area contributed by atoms with Crippen molar-refractivity contribution < 1.29 is 19.1 Å². The van der Waals surface area contributed by atoms with Crippen LogP contribution < -0.4 is 16.0 Å². The molecule has 2 saturated heterocycles. The first-order valence-electron chi connectivity index (χ1n) is 10.3. The van der Waals surface area contributed by atoms with Crippen LogP contribution in [0, 0.1) is 0 Å². The fourth-order valence-electron chi connectivity index (χ4n) is 3.94. The zero-order chi connectivity index (χ0) is 22.1. The van der Waals surface area contributed by atoms with Crippen LogP contribution in [0.2, 0.25) is 0 Å². The zero-order valence-corrected chi connectivity index (χ0v) is 18.1. The molecule has 4 heterocycles. The number of benzene rings is 1. The summed E-state index contributed by atoms with van der Waals surface area (Å²) >= 11 is 1.61. The van der Waals surface area contributed by atoms with Crippen molar-refractivity contribution in [1.82, 2.24) is 4.98 Å². The lowest BCUT2D eigenvalue weighted by molar-refractivity contribution is -0.0431. The second-order valence-electron chi connectivity index (χ2n) is 7.89. The summed E-state index contributed by atoms with van der Waals surface area (Å²) < 4.78 is 11.0. The topological polar surface area (TPSA) is 107 Å². The van der Waals surface area contributed by atoms with Crippen molar-refractivity contribution in [1.29, 1.82) is 0 Å². The number of hydrogen-bond donors (Lipinski definition) is 2. The van der Waals surface area contributed by atoms with Crippen molar-refractivity contribution in [2.24, 2.45) is 0 Å². The third-order valence-electron chi connectivity index (χ3n) is 5.77. The summed E-state index contributed by atoms with van der Waals surface area (Å²) in [6.45, 7) is 1.58. The molecule has 0 unspecified atom stereocenters. The Balaban J connectivity index is 1.30. The van der Waals surface area contributed by atoms with Crippen LogP contribution in [0.1, 0.15) is 23.2 Å². The van der Waals surface area contributed by atoms with E-state index in [0.717, 1.165) is 10.4 Å². The lowest BCUT2D eigenvalue weighted by Crippen LogP contribution is -2.40. The van der Waals surface area contributed by atoms with Crippen molar-refractivity contribution in [3.63, 3.8) is 0 Å². The lowest BCUT2D eigenvalue weighted by Gasteiger charge is -2.30. The van der Waals surface area contributed by atoms with Crippen molar-refractivity contribution in [3.8, 4) is 10.4 Å². The van der Waals surface area contributed by atoms with E-state index in [1.54, 1.807) is 29.5 Å². The summed E-state index contributed by atoms with van der Waals surface area (Å²) in [6, 6.07) is 12.8. The molecule has 8 nitrogen and oxygen atoms in total. The standard InChI is InChI=1S/C23H22N4O4S/c24-17-5-3-15(19-2-1-11-32-19)12-18(17)26-21(28)16-4-6-20(25-13-16)27-14-23(31-22(27)29)7-9-30-10-8-23/h1-6,11-13H,7-10,14,24H2,(H,26,28). The number of anilines is 3. The van der Waals surface area contributed by atoms with Gasteiger partial charge in [0.05, 0.1) is 36.7 Å². The van der Waals surface area contributed by atoms with Crippen molar-refractivity contribution in [2.45, 2.75) is 18.4 Å². The second-order valence-corrected chi connectivity index (χ2v) is 8.84. The Hall–Kier alpha value is -3.43. The maximum absolute atomic E-state index is 12.8. The van der Waals surface area contributed by atoms with E-state index in [0.29, 0.717) is 55.4 Å². The molecule has 32 heavy (non-hydrogen) atoms. The maximum atomic E-state index is 12.8. The van der Waals surface area contributed by atoms with Crippen LogP contribution in [-0.4, -0.2) is 42.3 Å². The number of thiophene rings is 1. The molecule has 0 aliphatic carbocycles. The van der Waals surface area contributed by atoms with Gasteiger partial charge in [-0.05, 0) is 41.3 Å². The van der Waals surface area contributed by atoms with Gasteiger partial charge in [0.2, 0.25) is 0 Å². The number of nitrogens with zero attached hydrogens (tertiary/aromatic N) is 2. The van der Waals surface area contributed by atoms with Gasteiger partial charge in [-0.2, -0.15) is 0 Å². The molecule has 0 atom stereocenters. The zero-order valence-electron chi connectivity index (χ0n) is 17.2. The monoisotopic (exact) mass is 450 g/mol. The summed E-state index contributed by atoms with van der Waals surface area (Å²) in [4.78, 5) is 32.1. The average molecular weight is 451 g/mol. The Morgan fingerprint density at radius 1 is 1.19 bits per heavy atom. The van der Waals surface area contributed by atoms with Crippen LogP contribution in [0.3, 0.4) is 0 Å². The minimum atomic E-state index is -0.516. The smallest absolute Gasteiger partial charge is 0.416 e. The molecule has 1 spiro atoms. The Morgan fingerprint density at radius 3 is 2.75 bits per heavy atom. The summed E-state index contributed by atoms with van der Waals surface area (Å²) in [5.74, 6) is 0.123. The van der Waals surface area contributed by atoms with E-state index in [1.165, 1.54) is 11.1 Å². The first-order chi connectivity index (χ1) is 15.5.